The lowest BCUT2D eigenvalue weighted by Gasteiger charge is -2.13. The molecule has 0 heterocycles. The molecule has 108 valence electrons. The molecule has 0 saturated heterocycles. The van der Waals surface area contributed by atoms with Crippen molar-refractivity contribution in [2.45, 2.75) is 12.5 Å². The van der Waals surface area contributed by atoms with Gasteiger partial charge in [-0.05, 0) is 6.07 Å². The minimum absolute atomic E-state index is 0.0461. The number of carbonyl (C=O) groups excluding carboxylic acids is 1. The highest BCUT2D eigenvalue weighted by atomic mass is 79.9. The van der Waals surface area contributed by atoms with E-state index in [9.17, 15) is 19.7 Å². The number of nitro benzene ring substituents is 1. The molecule has 1 rings (SSSR count). The molecule has 1 aromatic carbocycles. The summed E-state index contributed by atoms with van der Waals surface area (Å²) in [5, 5.41) is 30.4. The number of benzene rings is 1. The third-order valence-corrected chi connectivity index (χ3v) is 2.83. The number of nitro groups is 1. The van der Waals surface area contributed by atoms with E-state index in [-0.39, 0.29) is 17.7 Å². The van der Waals surface area contributed by atoms with Gasteiger partial charge in [0, 0.05) is 35.2 Å². The molecule has 0 bridgehead atoms. The van der Waals surface area contributed by atoms with Crippen molar-refractivity contribution in [2.24, 2.45) is 0 Å². The van der Waals surface area contributed by atoms with Gasteiger partial charge in [-0.15, -0.1) is 0 Å². The van der Waals surface area contributed by atoms with Gasteiger partial charge in [0.1, 0.15) is 6.04 Å². The third-order valence-electron chi connectivity index (χ3n) is 2.38. The Balaban J connectivity index is 2.97. The largest absolute Gasteiger partial charge is 0.480 e. The minimum Gasteiger partial charge on any atom is -0.480 e. The topological polar surface area (TPSA) is 130 Å². The van der Waals surface area contributed by atoms with Crippen LogP contribution in [0.5, 0.6) is 0 Å². The number of carboxylic acid groups (broad SMARTS) is 1. The van der Waals surface area contributed by atoms with Crippen LogP contribution in [-0.2, 0) is 4.79 Å². The average Bonchev–Trinajstić information content (AvgIpc) is 2.37. The van der Waals surface area contributed by atoms with Crippen molar-refractivity contribution >= 4 is 33.5 Å². The summed E-state index contributed by atoms with van der Waals surface area (Å²) in [6.07, 6.45) is -0.156. The van der Waals surface area contributed by atoms with E-state index >= 15 is 0 Å². The van der Waals surface area contributed by atoms with Crippen LogP contribution in [0.4, 0.5) is 5.69 Å². The van der Waals surface area contributed by atoms with E-state index in [1.165, 1.54) is 12.1 Å². The van der Waals surface area contributed by atoms with E-state index < -0.39 is 29.4 Å². The molecule has 0 aliphatic rings. The average molecular weight is 347 g/mol. The molecule has 0 fully saturated rings. The molecular formula is C11H11BrN2O6. The summed E-state index contributed by atoms with van der Waals surface area (Å²) in [5.41, 5.74) is -0.339. The van der Waals surface area contributed by atoms with Gasteiger partial charge in [-0.1, -0.05) is 15.9 Å². The summed E-state index contributed by atoms with van der Waals surface area (Å²) in [5.74, 6) is -2.06. The fraction of sp³-hybridized carbons (Fsp3) is 0.273. The minimum atomic E-state index is -1.29. The predicted octanol–water partition coefficient (Wildman–Crippen LogP) is 0.923. The smallest absolute Gasteiger partial charge is 0.326 e. The number of carboxylic acids is 1. The van der Waals surface area contributed by atoms with Crippen molar-refractivity contribution in [3.8, 4) is 0 Å². The number of non-ortho nitro benzene ring substituents is 1. The number of carbonyl (C=O) groups is 2. The second kappa shape index (κ2) is 6.96. The van der Waals surface area contributed by atoms with Crippen LogP contribution in [0.15, 0.2) is 22.7 Å². The predicted molar refractivity (Wildman–Crippen MR) is 71.4 cm³/mol. The number of rotatable bonds is 6. The van der Waals surface area contributed by atoms with Crippen molar-refractivity contribution in [1.82, 2.24) is 5.32 Å². The highest BCUT2D eigenvalue weighted by molar-refractivity contribution is 9.10. The van der Waals surface area contributed by atoms with Crippen LogP contribution >= 0.6 is 15.9 Å². The first-order valence-corrected chi connectivity index (χ1v) is 6.24. The van der Waals surface area contributed by atoms with Gasteiger partial charge in [-0.3, -0.25) is 14.9 Å². The maximum atomic E-state index is 11.9. The molecule has 3 N–H and O–H groups in total. The van der Waals surface area contributed by atoms with Crippen molar-refractivity contribution in [2.75, 3.05) is 6.61 Å². The van der Waals surface area contributed by atoms with Gasteiger partial charge < -0.3 is 15.5 Å². The number of aliphatic hydroxyl groups excluding tert-OH is 1. The van der Waals surface area contributed by atoms with Gasteiger partial charge in [0.05, 0.1) is 4.92 Å². The molecule has 1 amide bonds. The van der Waals surface area contributed by atoms with Gasteiger partial charge in [-0.2, -0.15) is 0 Å². The lowest BCUT2D eigenvalue weighted by atomic mass is 10.1. The maximum Gasteiger partial charge on any atom is 0.326 e. The molecule has 0 aliphatic carbocycles. The monoisotopic (exact) mass is 346 g/mol. The van der Waals surface area contributed by atoms with Crippen LogP contribution in [0, 0.1) is 10.1 Å². The first kappa shape index (κ1) is 16.1. The van der Waals surface area contributed by atoms with E-state index in [1.807, 2.05) is 0 Å². The van der Waals surface area contributed by atoms with Crippen LogP contribution in [0.1, 0.15) is 16.8 Å². The third kappa shape index (κ3) is 4.28. The summed E-state index contributed by atoms with van der Waals surface area (Å²) in [4.78, 5) is 32.7. The van der Waals surface area contributed by atoms with Gasteiger partial charge >= 0.3 is 5.97 Å². The zero-order valence-corrected chi connectivity index (χ0v) is 11.7. The fourth-order valence-electron chi connectivity index (χ4n) is 1.44. The Bertz CT molecular complexity index is 548. The van der Waals surface area contributed by atoms with E-state index in [1.54, 1.807) is 0 Å². The summed E-state index contributed by atoms with van der Waals surface area (Å²) in [6, 6.07) is 2.34. The van der Waals surface area contributed by atoms with Crippen molar-refractivity contribution < 1.29 is 24.7 Å². The summed E-state index contributed by atoms with van der Waals surface area (Å²) in [6.45, 7) is -0.407. The Morgan fingerprint density at radius 2 is 2.05 bits per heavy atom. The number of halogens is 1. The van der Waals surface area contributed by atoms with Gasteiger partial charge in [-0.25, -0.2) is 4.79 Å². The highest BCUT2D eigenvalue weighted by Crippen LogP contribution is 2.21. The second-order valence-electron chi connectivity index (χ2n) is 3.83. The van der Waals surface area contributed by atoms with Crippen LogP contribution in [0.2, 0.25) is 0 Å². The van der Waals surface area contributed by atoms with E-state index in [0.29, 0.717) is 4.47 Å². The van der Waals surface area contributed by atoms with E-state index in [2.05, 4.69) is 21.2 Å². The Morgan fingerprint density at radius 3 is 2.55 bits per heavy atom. The number of hydrogen-bond donors (Lipinski definition) is 3. The molecule has 0 radical (unpaired) electrons. The van der Waals surface area contributed by atoms with Crippen LogP contribution in [0.25, 0.3) is 0 Å². The molecule has 20 heavy (non-hydrogen) atoms. The summed E-state index contributed by atoms with van der Waals surface area (Å²) >= 11 is 3.03. The maximum absolute atomic E-state index is 11.9. The summed E-state index contributed by atoms with van der Waals surface area (Å²) in [7, 11) is 0. The Morgan fingerprint density at radius 1 is 1.40 bits per heavy atom. The number of hydrogen-bond acceptors (Lipinski definition) is 5. The molecule has 1 aromatic rings. The standard InChI is InChI=1S/C11H11BrN2O6/c12-7-3-6(4-8(5-7)14(19)20)10(16)13-9(1-2-15)11(17)18/h3-5,9,15H,1-2H2,(H,13,16)(H,17,18)/t9-/m1/s1. The molecule has 9 heteroatoms. The molecule has 0 aliphatic heterocycles. The van der Waals surface area contributed by atoms with Crippen LogP contribution in [0.3, 0.4) is 0 Å². The van der Waals surface area contributed by atoms with E-state index in [0.717, 1.165) is 6.07 Å². The highest BCUT2D eigenvalue weighted by Gasteiger charge is 2.21. The number of amides is 1. The molecule has 0 saturated carbocycles. The molecule has 0 spiro atoms. The number of nitrogens with zero attached hydrogens (tertiary/aromatic N) is 1. The van der Waals surface area contributed by atoms with E-state index in [4.69, 9.17) is 10.2 Å². The normalized spacial score (nSPS) is 11.7. The zero-order chi connectivity index (χ0) is 15.3. The first-order chi connectivity index (χ1) is 9.35. The van der Waals surface area contributed by atoms with Crippen molar-refractivity contribution in [3.05, 3.63) is 38.3 Å². The van der Waals surface area contributed by atoms with Crippen LogP contribution < -0.4 is 5.32 Å². The van der Waals surface area contributed by atoms with Crippen molar-refractivity contribution in [3.63, 3.8) is 0 Å². The van der Waals surface area contributed by atoms with Gasteiger partial charge in [0.25, 0.3) is 11.6 Å². The quantitative estimate of drug-likeness (QED) is 0.518. The van der Waals surface area contributed by atoms with Crippen molar-refractivity contribution in [1.29, 1.82) is 0 Å². The SMILES string of the molecule is O=C(N[C@H](CCO)C(=O)O)c1cc(Br)cc([N+](=O)[O-])c1. The summed E-state index contributed by atoms with van der Waals surface area (Å²) < 4.78 is 0.325. The number of aliphatic hydroxyl groups is 1. The molecule has 8 nitrogen and oxygen atoms in total. The molecule has 0 unspecified atom stereocenters. The van der Waals surface area contributed by atoms with Gasteiger partial charge in [0.15, 0.2) is 0 Å². The lowest BCUT2D eigenvalue weighted by molar-refractivity contribution is -0.385. The Hall–Kier alpha value is -2.00. The molecule has 1 atom stereocenters. The second-order valence-corrected chi connectivity index (χ2v) is 4.75. The first-order valence-electron chi connectivity index (χ1n) is 5.44. The van der Waals surface area contributed by atoms with Crippen LogP contribution in [-0.4, -0.2) is 39.7 Å². The molecule has 0 aromatic heterocycles. The number of nitrogens with one attached hydrogen (secondary N) is 1. The Labute approximate surface area is 121 Å². The molecular weight excluding hydrogens is 336 g/mol. The zero-order valence-electron chi connectivity index (χ0n) is 10.1. The Kier molecular flexibility index (Phi) is 5.59. The lowest BCUT2D eigenvalue weighted by Crippen LogP contribution is -2.41. The number of aliphatic carboxylic acids is 1. The fourth-order valence-corrected chi connectivity index (χ4v) is 1.92. The van der Waals surface area contributed by atoms with Gasteiger partial charge in [0.2, 0.25) is 0 Å².